The molecule has 1 aromatic carbocycles. The first-order valence-electron chi connectivity index (χ1n) is 5.75. The number of nitrogens with one attached hydrogen (secondary N) is 2. The quantitative estimate of drug-likeness (QED) is 0.586. The average Bonchev–Trinajstić information content (AvgIpc) is 2.48. The summed E-state index contributed by atoms with van der Waals surface area (Å²) in [6.45, 7) is 0.0644. The van der Waals surface area contributed by atoms with Gasteiger partial charge in [0.15, 0.2) is 17.5 Å². The first-order chi connectivity index (χ1) is 9.61. The Hall–Kier alpha value is -2.54. The number of amides is 1. The molecule has 0 aliphatic rings. The van der Waals surface area contributed by atoms with E-state index in [1.165, 1.54) is 12.3 Å². The summed E-state index contributed by atoms with van der Waals surface area (Å²) in [7, 11) is 0. The Bertz CT molecular complexity index is 634. The van der Waals surface area contributed by atoms with Crippen molar-refractivity contribution in [1.29, 1.82) is 0 Å². The first-order valence-corrected chi connectivity index (χ1v) is 5.75. The van der Waals surface area contributed by atoms with E-state index in [9.17, 15) is 13.6 Å². The van der Waals surface area contributed by atoms with Gasteiger partial charge in [0, 0.05) is 12.7 Å². The molecule has 1 aromatic heterocycles. The Morgan fingerprint density at radius 3 is 2.75 bits per heavy atom. The van der Waals surface area contributed by atoms with Crippen molar-refractivity contribution < 1.29 is 13.6 Å². The highest BCUT2D eigenvalue weighted by atomic mass is 19.2. The number of pyridine rings is 1. The largest absolute Gasteiger partial charge is 0.348 e. The van der Waals surface area contributed by atoms with Crippen molar-refractivity contribution in [2.45, 2.75) is 6.54 Å². The number of anilines is 1. The van der Waals surface area contributed by atoms with Crippen LogP contribution in [-0.4, -0.2) is 10.9 Å². The molecule has 0 atom stereocenters. The van der Waals surface area contributed by atoms with Crippen molar-refractivity contribution in [2.75, 3.05) is 5.43 Å². The Kier molecular flexibility index (Phi) is 4.21. The number of benzene rings is 1. The predicted octanol–water partition coefficient (Wildman–Crippen LogP) is 1.58. The highest BCUT2D eigenvalue weighted by Crippen LogP contribution is 2.11. The molecule has 1 amide bonds. The number of halogens is 2. The number of nitrogen functional groups attached to an aromatic ring is 1. The molecule has 0 aliphatic carbocycles. The van der Waals surface area contributed by atoms with Crippen LogP contribution >= 0.6 is 0 Å². The molecule has 0 saturated heterocycles. The average molecular weight is 278 g/mol. The van der Waals surface area contributed by atoms with Crippen LogP contribution in [0.4, 0.5) is 14.6 Å². The standard InChI is InChI=1S/C13H12F2N4O/c14-10-4-3-8(6-11(10)15)7-18-13(20)9-2-1-5-17-12(9)19-16/h1-6H,7,16H2,(H,17,19)(H,18,20). The van der Waals surface area contributed by atoms with E-state index in [0.29, 0.717) is 5.56 Å². The molecule has 1 heterocycles. The smallest absolute Gasteiger partial charge is 0.255 e. The molecule has 0 spiro atoms. The van der Waals surface area contributed by atoms with E-state index in [1.807, 2.05) is 0 Å². The molecule has 5 nitrogen and oxygen atoms in total. The number of nitrogens with two attached hydrogens (primary N) is 1. The zero-order valence-corrected chi connectivity index (χ0v) is 10.4. The maximum Gasteiger partial charge on any atom is 0.255 e. The number of aromatic nitrogens is 1. The van der Waals surface area contributed by atoms with Gasteiger partial charge in [-0.2, -0.15) is 0 Å². The number of carbonyl (C=O) groups excluding carboxylic acids is 1. The number of carbonyl (C=O) groups is 1. The van der Waals surface area contributed by atoms with Crippen LogP contribution in [0.15, 0.2) is 36.5 Å². The lowest BCUT2D eigenvalue weighted by molar-refractivity contribution is 0.0951. The summed E-state index contributed by atoms with van der Waals surface area (Å²) in [5.41, 5.74) is 3.02. The molecule has 2 rings (SSSR count). The number of hydrogen-bond acceptors (Lipinski definition) is 4. The lowest BCUT2D eigenvalue weighted by Crippen LogP contribution is -2.25. The zero-order valence-electron chi connectivity index (χ0n) is 10.4. The van der Waals surface area contributed by atoms with Crippen LogP contribution in [-0.2, 0) is 6.54 Å². The van der Waals surface area contributed by atoms with Gasteiger partial charge in [0.2, 0.25) is 0 Å². The summed E-state index contributed by atoms with van der Waals surface area (Å²) in [6, 6.07) is 6.56. The Labute approximate surface area is 113 Å². The van der Waals surface area contributed by atoms with Crippen LogP contribution in [0.2, 0.25) is 0 Å². The zero-order chi connectivity index (χ0) is 14.5. The number of hydrogen-bond donors (Lipinski definition) is 3. The van der Waals surface area contributed by atoms with E-state index in [-0.39, 0.29) is 17.9 Å². The van der Waals surface area contributed by atoms with E-state index in [0.717, 1.165) is 12.1 Å². The Balaban J connectivity index is 2.06. The highest BCUT2D eigenvalue weighted by molar-refractivity contribution is 5.98. The number of hydrazine groups is 1. The molecule has 0 radical (unpaired) electrons. The minimum atomic E-state index is -0.956. The van der Waals surface area contributed by atoms with Crippen LogP contribution in [0.1, 0.15) is 15.9 Å². The lowest BCUT2D eigenvalue weighted by Gasteiger charge is -2.08. The van der Waals surface area contributed by atoms with E-state index in [4.69, 9.17) is 5.84 Å². The van der Waals surface area contributed by atoms with Crippen molar-refractivity contribution in [3.8, 4) is 0 Å². The van der Waals surface area contributed by atoms with E-state index >= 15 is 0 Å². The minimum absolute atomic E-state index is 0.0644. The monoisotopic (exact) mass is 278 g/mol. The van der Waals surface area contributed by atoms with Crippen LogP contribution in [0.3, 0.4) is 0 Å². The molecule has 4 N–H and O–H groups in total. The van der Waals surface area contributed by atoms with Gasteiger partial charge < -0.3 is 10.7 Å². The maximum atomic E-state index is 13.0. The molecule has 104 valence electrons. The minimum Gasteiger partial charge on any atom is -0.348 e. The molecule has 7 heteroatoms. The summed E-state index contributed by atoms with van der Waals surface area (Å²) in [5, 5.41) is 2.57. The van der Waals surface area contributed by atoms with Crippen molar-refractivity contribution >= 4 is 11.7 Å². The van der Waals surface area contributed by atoms with Gasteiger partial charge in [-0.05, 0) is 29.8 Å². The second-order valence-electron chi connectivity index (χ2n) is 3.98. The fraction of sp³-hybridized carbons (Fsp3) is 0.0769. The van der Waals surface area contributed by atoms with Gasteiger partial charge in [0.25, 0.3) is 5.91 Å². The van der Waals surface area contributed by atoms with Crippen molar-refractivity contribution in [2.24, 2.45) is 5.84 Å². The Morgan fingerprint density at radius 1 is 1.25 bits per heavy atom. The van der Waals surface area contributed by atoms with Gasteiger partial charge in [-0.1, -0.05) is 6.07 Å². The molecule has 0 aliphatic heterocycles. The number of nitrogens with zero attached hydrogens (tertiary/aromatic N) is 1. The fourth-order valence-corrected chi connectivity index (χ4v) is 1.63. The molecule has 20 heavy (non-hydrogen) atoms. The molecule has 2 aromatic rings. The second-order valence-corrected chi connectivity index (χ2v) is 3.98. The van der Waals surface area contributed by atoms with Crippen molar-refractivity contribution in [3.05, 3.63) is 59.3 Å². The van der Waals surface area contributed by atoms with Crippen LogP contribution in [0, 0.1) is 11.6 Å². The van der Waals surface area contributed by atoms with E-state index < -0.39 is 17.5 Å². The third kappa shape index (κ3) is 3.07. The highest BCUT2D eigenvalue weighted by Gasteiger charge is 2.11. The normalized spacial score (nSPS) is 10.2. The van der Waals surface area contributed by atoms with Crippen LogP contribution < -0.4 is 16.6 Å². The lowest BCUT2D eigenvalue weighted by atomic mass is 10.2. The summed E-state index contributed by atoms with van der Waals surface area (Å²) in [4.78, 5) is 15.8. The molecule has 0 bridgehead atoms. The summed E-state index contributed by atoms with van der Waals surface area (Å²) in [5.74, 6) is 3.17. The number of rotatable bonds is 4. The summed E-state index contributed by atoms with van der Waals surface area (Å²) in [6.07, 6.45) is 1.49. The predicted molar refractivity (Wildman–Crippen MR) is 69.6 cm³/mol. The van der Waals surface area contributed by atoms with Crippen molar-refractivity contribution in [1.82, 2.24) is 10.3 Å². The van der Waals surface area contributed by atoms with Gasteiger partial charge >= 0.3 is 0 Å². The molecular formula is C13H12F2N4O. The van der Waals surface area contributed by atoms with Crippen LogP contribution in [0.5, 0.6) is 0 Å². The second kappa shape index (κ2) is 6.07. The summed E-state index contributed by atoms with van der Waals surface area (Å²) < 4.78 is 25.8. The molecule has 0 fully saturated rings. The van der Waals surface area contributed by atoms with Crippen LogP contribution in [0.25, 0.3) is 0 Å². The molecule has 0 saturated carbocycles. The van der Waals surface area contributed by atoms with Gasteiger partial charge in [0.05, 0.1) is 5.56 Å². The maximum absolute atomic E-state index is 13.0. The van der Waals surface area contributed by atoms with Crippen molar-refractivity contribution in [3.63, 3.8) is 0 Å². The van der Waals surface area contributed by atoms with Gasteiger partial charge in [-0.3, -0.25) is 4.79 Å². The molecule has 0 unspecified atom stereocenters. The third-order valence-corrected chi connectivity index (χ3v) is 2.63. The Morgan fingerprint density at radius 2 is 2.05 bits per heavy atom. The van der Waals surface area contributed by atoms with E-state index in [2.05, 4.69) is 15.7 Å². The van der Waals surface area contributed by atoms with E-state index in [1.54, 1.807) is 12.1 Å². The fourth-order valence-electron chi connectivity index (χ4n) is 1.63. The topological polar surface area (TPSA) is 80.0 Å². The third-order valence-electron chi connectivity index (χ3n) is 2.63. The SMILES string of the molecule is NNc1ncccc1C(=O)NCc1ccc(F)c(F)c1. The van der Waals surface area contributed by atoms with Gasteiger partial charge in [-0.15, -0.1) is 0 Å². The summed E-state index contributed by atoms with van der Waals surface area (Å²) >= 11 is 0. The van der Waals surface area contributed by atoms with Gasteiger partial charge in [0.1, 0.15) is 0 Å². The first kappa shape index (κ1) is 13.9. The van der Waals surface area contributed by atoms with Gasteiger partial charge in [-0.25, -0.2) is 19.6 Å². The molecular weight excluding hydrogens is 266 g/mol.